The zero-order chi connectivity index (χ0) is 17.6. The van der Waals surface area contributed by atoms with Crippen molar-refractivity contribution in [3.05, 3.63) is 29.0 Å². The summed E-state index contributed by atoms with van der Waals surface area (Å²) >= 11 is 1.45. The van der Waals surface area contributed by atoms with Gasteiger partial charge in [-0.1, -0.05) is 6.42 Å². The molecule has 0 unspecified atom stereocenters. The number of aromatic nitrogens is 1. The van der Waals surface area contributed by atoms with Crippen molar-refractivity contribution in [2.24, 2.45) is 0 Å². The monoisotopic (exact) mass is 361 g/mol. The number of hydrogen-bond donors (Lipinski definition) is 1. The highest BCUT2D eigenvalue weighted by atomic mass is 32.1. The van der Waals surface area contributed by atoms with Crippen LogP contribution in [0.25, 0.3) is 10.8 Å². The second kappa shape index (κ2) is 8.29. The van der Waals surface area contributed by atoms with E-state index in [4.69, 9.17) is 4.42 Å². The lowest BCUT2D eigenvalue weighted by molar-refractivity contribution is -0.130. The molecule has 134 valence electrons. The van der Waals surface area contributed by atoms with E-state index in [1.165, 1.54) is 11.3 Å². The van der Waals surface area contributed by atoms with Gasteiger partial charge in [0.25, 0.3) is 5.91 Å². The van der Waals surface area contributed by atoms with Crippen LogP contribution < -0.4 is 5.32 Å². The fourth-order valence-corrected chi connectivity index (χ4v) is 3.82. The molecule has 2 aromatic rings. The van der Waals surface area contributed by atoms with Gasteiger partial charge in [0.15, 0.2) is 10.8 Å². The lowest BCUT2D eigenvalue weighted by Gasteiger charge is -2.20. The van der Waals surface area contributed by atoms with Crippen molar-refractivity contribution in [1.29, 1.82) is 0 Å². The molecule has 0 atom stereocenters. The number of nitrogens with zero attached hydrogens (tertiary/aromatic N) is 2. The van der Waals surface area contributed by atoms with E-state index in [-0.39, 0.29) is 11.8 Å². The van der Waals surface area contributed by atoms with Crippen molar-refractivity contribution in [2.45, 2.75) is 39.0 Å². The molecule has 0 aromatic carbocycles. The van der Waals surface area contributed by atoms with E-state index in [9.17, 15) is 9.59 Å². The van der Waals surface area contributed by atoms with E-state index in [0.29, 0.717) is 36.0 Å². The van der Waals surface area contributed by atoms with Crippen molar-refractivity contribution < 1.29 is 14.0 Å². The smallest absolute Gasteiger partial charge is 0.271 e. The van der Waals surface area contributed by atoms with Crippen LogP contribution in [-0.2, 0) is 4.79 Å². The lowest BCUT2D eigenvalue weighted by Crippen LogP contribution is -2.34. The first-order chi connectivity index (χ1) is 12.1. The number of furan rings is 1. The summed E-state index contributed by atoms with van der Waals surface area (Å²) in [7, 11) is 0. The topological polar surface area (TPSA) is 75.4 Å². The standard InChI is InChI=1S/C18H23N3O3S/c1-13-16(20-18(25-13)14-7-5-12-24-14)17(23)19-9-6-11-21-10-4-2-3-8-15(21)22/h5,7,12H,2-4,6,8-11H2,1H3,(H,19,23). The molecule has 0 bridgehead atoms. The number of thiazole rings is 1. The third-order valence-corrected chi connectivity index (χ3v) is 5.29. The average Bonchev–Trinajstić information content (AvgIpc) is 3.21. The first-order valence-corrected chi connectivity index (χ1v) is 9.54. The maximum atomic E-state index is 12.3. The van der Waals surface area contributed by atoms with Gasteiger partial charge in [0, 0.05) is 30.9 Å². The predicted octanol–water partition coefficient (Wildman–Crippen LogP) is 3.23. The summed E-state index contributed by atoms with van der Waals surface area (Å²) in [5.74, 6) is 0.739. The van der Waals surface area contributed by atoms with Crippen molar-refractivity contribution in [1.82, 2.24) is 15.2 Å². The van der Waals surface area contributed by atoms with Gasteiger partial charge in [-0.05, 0) is 38.3 Å². The third-order valence-electron chi connectivity index (χ3n) is 4.31. The van der Waals surface area contributed by atoms with Gasteiger partial charge < -0.3 is 14.6 Å². The number of nitrogens with one attached hydrogen (secondary N) is 1. The molecule has 1 fully saturated rings. The van der Waals surface area contributed by atoms with Gasteiger partial charge in [-0.3, -0.25) is 9.59 Å². The number of aryl methyl sites for hydroxylation is 1. The summed E-state index contributed by atoms with van der Waals surface area (Å²) in [5, 5.41) is 3.62. The van der Waals surface area contributed by atoms with Crippen molar-refractivity contribution >= 4 is 23.2 Å². The summed E-state index contributed by atoms with van der Waals surface area (Å²) in [6.45, 7) is 3.96. The van der Waals surface area contributed by atoms with E-state index >= 15 is 0 Å². The quantitative estimate of drug-likeness (QED) is 0.802. The van der Waals surface area contributed by atoms with Crippen molar-refractivity contribution in [3.63, 3.8) is 0 Å². The van der Waals surface area contributed by atoms with Gasteiger partial charge in [0.1, 0.15) is 5.69 Å². The van der Waals surface area contributed by atoms with Crippen LogP contribution in [0.4, 0.5) is 0 Å². The van der Waals surface area contributed by atoms with E-state index in [1.54, 1.807) is 12.3 Å². The second-order valence-electron chi connectivity index (χ2n) is 6.20. The molecular weight excluding hydrogens is 338 g/mol. The Kier molecular flexibility index (Phi) is 5.86. The van der Waals surface area contributed by atoms with Crippen LogP contribution in [0.3, 0.4) is 0 Å². The molecule has 1 saturated heterocycles. The number of amides is 2. The zero-order valence-corrected chi connectivity index (χ0v) is 15.2. The molecule has 2 aromatic heterocycles. The molecule has 1 aliphatic rings. The Morgan fingerprint density at radius 2 is 2.28 bits per heavy atom. The molecule has 0 saturated carbocycles. The Hall–Kier alpha value is -2.15. The minimum Gasteiger partial charge on any atom is -0.462 e. The second-order valence-corrected chi connectivity index (χ2v) is 7.41. The fourth-order valence-electron chi connectivity index (χ4n) is 2.94. The Bertz CT molecular complexity index is 724. The number of carbonyl (C=O) groups excluding carboxylic acids is 2. The maximum absolute atomic E-state index is 12.3. The Morgan fingerprint density at radius 1 is 1.40 bits per heavy atom. The molecule has 6 nitrogen and oxygen atoms in total. The van der Waals surface area contributed by atoms with Crippen LogP contribution in [0.5, 0.6) is 0 Å². The van der Waals surface area contributed by atoms with E-state index < -0.39 is 0 Å². The third kappa shape index (κ3) is 4.48. The maximum Gasteiger partial charge on any atom is 0.271 e. The van der Waals surface area contributed by atoms with Crippen LogP contribution in [0.15, 0.2) is 22.8 Å². The van der Waals surface area contributed by atoms with Gasteiger partial charge in [0.05, 0.1) is 6.26 Å². The van der Waals surface area contributed by atoms with Crippen molar-refractivity contribution in [3.8, 4) is 10.8 Å². The Balaban J connectivity index is 1.49. The number of hydrogen-bond acceptors (Lipinski definition) is 5. The van der Waals surface area contributed by atoms with Crippen LogP contribution in [0.2, 0.25) is 0 Å². The number of rotatable bonds is 6. The molecule has 3 rings (SSSR count). The first kappa shape index (κ1) is 17.7. The minimum atomic E-state index is -0.172. The summed E-state index contributed by atoms with van der Waals surface area (Å²) in [6, 6.07) is 3.63. The predicted molar refractivity (Wildman–Crippen MR) is 96.6 cm³/mol. The molecule has 7 heteroatoms. The highest BCUT2D eigenvalue weighted by Crippen LogP contribution is 2.27. The first-order valence-electron chi connectivity index (χ1n) is 8.72. The molecule has 1 aliphatic heterocycles. The van der Waals surface area contributed by atoms with Crippen LogP contribution in [0, 0.1) is 6.92 Å². The largest absolute Gasteiger partial charge is 0.462 e. The van der Waals surface area contributed by atoms with E-state index in [0.717, 1.165) is 37.1 Å². The van der Waals surface area contributed by atoms with Gasteiger partial charge in [-0.15, -0.1) is 11.3 Å². The number of carbonyl (C=O) groups is 2. The highest BCUT2D eigenvalue weighted by Gasteiger charge is 2.18. The van der Waals surface area contributed by atoms with Gasteiger partial charge >= 0.3 is 0 Å². The summed E-state index contributed by atoms with van der Waals surface area (Å²) in [5.41, 5.74) is 0.447. The molecule has 1 N–H and O–H groups in total. The SMILES string of the molecule is Cc1sc(-c2ccco2)nc1C(=O)NCCCN1CCCCCC1=O. The molecular formula is C18H23N3O3S. The highest BCUT2D eigenvalue weighted by molar-refractivity contribution is 7.15. The Morgan fingerprint density at radius 3 is 3.08 bits per heavy atom. The minimum absolute atomic E-state index is 0.172. The molecule has 2 amide bonds. The van der Waals surface area contributed by atoms with Gasteiger partial charge in [-0.2, -0.15) is 0 Å². The van der Waals surface area contributed by atoms with E-state index in [2.05, 4.69) is 10.3 Å². The average molecular weight is 361 g/mol. The van der Waals surface area contributed by atoms with Gasteiger partial charge in [0.2, 0.25) is 5.91 Å². The molecule has 3 heterocycles. The van der Waals surface area contributed by atoms with E-state index in [1.807, 2.05) is 17.9 Å². The van der Waals surface area contributed by atoms with Gasteiger partial charge in [-0.25, -0.2) is 4.98 Å². The summed E-state index contributed by atoms with van der Waals surface area (Å²) in [4.78, 5) is 31.5. The fraction of sp³-hybridized carbons (Fsp3) is 0.500. The molecule has 25 heavy (non-hydrogen) atoms. The summed E-state index contributed by atoms with van der Waals surface area (Å²) in [6.07, 6.45) is 6.19. The van der Waals surface area contributed by atoms with Crippen molar-refractivity contribution in [2.75, 3.05) is 19.6 Å². The van der Waals surface area contributed by atoms with Crippen LogP contribution >= 0.6 is 11.3 Å². The Labute approximate surface area is 151 Å². The zero-order valence-electron chi connectivity index (χ0n) is 14.4. The molecule has 0 aliphatic carbocycles. The summed E-state index contributed by atoms with van der Waals surface area (Å²) < 4.78 is 5.33. The number of likely N-dealkylation sites (tertiary alicyclic amines) is 1. The molecule has 0 spiro atoms. The lowest BCUT2D eigenvalue weighted by atomic mass is 10.2. The van der Waals surface area contributed by atoms with Crippen LogP contribution in [0.1, 0.15) is 47.5 Å². The molecule has 0 radical (unpaired) electrons. The van der Waals surface area contributed by atoms with Crippen LogP contribution in [-0.4, -0.2) is 41.3 Å². The normalized spacial score (nSPS) is 15.2.